The van der Waals surface area contributed by atoms with Crippen molar-refractivity contribution < 1.29 is 9.21 Å². The number of thiazole rings is 1. The third kappa shape index (κ3) is 4.33. The molecule has 5 nitrogen and oxygen atoms in total. The number of carbonyl (C=O) groups excluding carboxylic acids is 1. The number of aromatic nitrogens is 2. The highest BCUT2D eigenvalue weighted by molar-refractivity contribution is 7.13. The topological polar surface area (TPSA) is 59.2 Å². The van der Waals surface area contributed by atoms with Gasteiger partial charge in [-0.1, -0.05) is 0 Å². The number of aryl methyl sites for hydroxylation is 1. The fourth-order valence-electron chi connectivity index (χ4n) is 2.56. The fraction of sp³-hybridized carbons (Fsp3) is 0.316. The van der Waals surface area contributed by atoms with E-state index in [1.165, 1.54) is 11.3 Å². The molecular formula is C19H21N3O2S. The third-order valence-electron chi connectivity index (χ3n) is 3.86. The molecule has 3 aromatic heterocycles. The molecule has 0 fully saturated rings. The number of hydrogen-bond acceptors (Lipinski definition) is 5. The van der Waals surface area contributed by atoms with Crippen LogP contribution in [0.25, 0.3) is 10.6 Å². The van der Waals surface area contributed by atoms with Crippen molar-refractivity contribution >= 4 is 17.2 Å². The summed E-state index contributed by atoms with van der Waals surface area (Å²) in [5, 5.41) is 2.82. The number of furan rings is 1. The quantitative estimate of drug-likeness (QED) is 0.668. The van der Waals surface area contributed by atoms with E-state index in [0.29, 0.717) is 6.54 Å². The molecule has 0 aromatic carbocycles. The second-order valence-corrected chi connectivity index (χ2v) is 7.05. The molecule has 0 saturated carbocycles. The molecule has 0 saturated heterocycles. The molecule has 0 bridgehead atoms. The van der Waals surface area contributed by atoms with Crippen LogP contribution in [-0.4, -0.2) is 26.8 Å². The molecule has 3 rings (SSSR count). The summed E-state index contributed by atoms with van der Waals surface area (Å²) in [5.41, 5.74) is 1.76. The number of carbonyl (C=O) groups is 1. The first-order chi connectivity index (χ1) is 12.0. The van der Waals surface area contributed by atoms with Crippen LogP contribution >= 0.6 is 11.3 Å². The lowest BCUT2D eigenvalue weighted by molar-refractivity contribution is -0.133. The van der Waals surface area contributed by atoms with Gasteiger partial charge >= 0.3 is 0 Å². The molecule has 0 spiro atoms. The number of rotatable bonds is 6. The molecule has 1 amide bonds. The molecule has 0 aliphatic heterocycles. The van der Waals surface area contributed by atoms with Crippen LogP contribution in [-0.2, 0) is 17.8 Å². The van der Waals surface area contributed by atoms with E-state index in [4.69, 9.17) is 4.42 Å². The molecule has 0 N–H and O–H groups in total. The van der Waals surface area contributed by atoms with Gasteiger partial charge in [-0.3, -0.25) is 9.78 Å². The Morgan fingerprint density at radius 1 is 1.32 bits per heavy atom. The maximum Gasteiger partial charge on any atom is 0.229 e. The van der Waals surface area contributed by atoms with E-state index < -0.39 is 0 Å². The Morgan fingerprint density at radius 2 is 2.16 bits per heavy atom. The SMILES string of the molecule is Cc1ccc(CN(C(=O)Cc2csc(-c3cccnc3)n2)C(C)C)o1. The van der Waals surface area contributed by atoms with Crippen molar-refractivity contribution in [2.24, 2.45) is 0 Å². The van der Waals surface area contributed by atoms with Gasteiger partial charge < -0.3 is 9.32 Å². The first kappa shape index (κ1) is 17.4. The van der Waals surface area contributed by atoms with Crippen LogP contribution in [0.4, 0.5) is 0 Å². The van der Waals surface area contributed by atoms with Crippen molar-refractivity contribution in [3.05, 3.63) is 59.3 Å². The zero-order valence-corrected chi connectivity index (χ0v) is 15.4. The molecule has 0 radical (unpaired) electrons. The van der Waals surface area contributed by atoms with Gasteiger partial charge in [0.15, 0.2) is 0 Å². The minimum Gasteiger partial charge on any atom is -0.464 e. The van der Waals surface area contributed by atoms with E-state index >= 15 is 0 Å². The zero-order chi connectivity index (χ0) is 17.8. The Bertz CT molecular complexity index is 839. The first-order valence-corrected chi connectivity index (χ1v) is 9.10. The lowest BCUT2D eigenvalue weighted by Gasteiger charge is -2.25. The monoisotopic (exact) mass is 355 g/mol. The van der Waals surface area contributed by atoms with Crippen LogP contribution in [0, 0.1) is 6.92 Å². The summed E-state index contributed by atoms with van der Waals surface area (Å²) in [4.78, 5) is 23.3. The van der Waals surface area contributed by atoms with Crippen molar-refractivity contribution in [2.45, 2.75) is 39.8 Å². The van der Waals surface area contributed by atoms with Crippen molar-refractivity contribution in [3.8, 4) is 10.6 Å². The predicted octanol–water partition coefficient (Wildman–Crippen LogP) is 4.09. The Morgan fingerprint density at radius 3 is 2.80 bits per heavy atom. The maximum absolute atomic E-state index is 12.7. The number of amides is 1. The van der Waals surface area contributed by atoms with Gasteiger partial charge in [0, 0.05) is 29.4 Å². The fourth-order valence-corrected chi connectivity index (χ4v) is 3.37. The third-order valence-corrected chi connectivity index (χ3v) is 4.80. The van der Waals surface area contributed by atoms with Gasteiger partial charge in [-0.05, 0) is 45.0 Å². The molecule has 130 valence electrons. The van der Waals surface area contributed by atoms with Gasteiger partial charge in [0.1, 0.15) is 16.5 Å². The lowest BCUT2D eigenvalue weighted by atomic mass is 10.2. The molecular weight excluding hydrogens is 334 g/mol. The van der Waals surface area contributed by atoms with Crippen molar-refractivity contribution in [3.63, 3.8) is 0 Å². The molecule has 0 atom stereocenters. The van der Waals surface area contributed by atoms with Crippen LogP contribution < -0.4 is 0 Å². The smallest absolute Gasteiger partial charge is 0.229 e. The van der Waals surface area contributed by atoms with Crippen LogP contribution in [0.3, 0.4) is 0 Å². The van der Waals surface area contributed by atoms with E-state index in [9.17, 15) is 4.79 Å². The molecule has 0 aliphatic rings. The van der Waals surface area contributed by atoms with E-state index in [-0.39, 0.29) is 18.4 Å². The Balaban J connectivity index is 1.70. The zero-order valence-electron chi connectivity index (χ0n) is 14.6. The first-order valence-electron chi connectivity index (χ1n) is 8.22. The number of nitrogens with zero attached hydrogens (tertiary/aromatic N) is 3. The minimum absolute atomic E-state index is 0.0482. The summed E-state index contributed by atoms with van der Waals surface area (Å²) in [6.07, 6.45) is 3.80. The summed E-state index contributed by atoms with van der Waals surface area (Å²) in [7, 11) is 0. The highest BCUT2D eigenvalue weighted by Gasteiger charge is 2.20. The molecule has 3 aromatic rings. The minimum atomic E-state index is 0.0482. The number of pyridine rings is 1. The van der Waals surface area contributed by atoms with Gasteiger partial charge in [0.05, 0.1) is 18.7 Å². The highest BCUT2D eigenvalue weighted by Crippen LogP contribution is 2.23. The second-order valence-electron chi connectivity index (χ2n) is 6.19. The molecule has 25 heavy (non-hydrogen) atoms. The van der Waals surface area contributed by atoms with E-state index in [1.54, 1.807) is 12.4 Å². The lowest BCUT2D eigenvalue weighted by Crippen LogP contribution is -2.37. The van der Waals surface area contributed by atoms with Crippen LogP contribution in [0.2, 0.25) is 0 Å². The predicted molar refractivity (Wildman–Crippen MR) is 98.2 cm³/mol. The summed E-state index contributed by atoms with van der Waals surface area (Å²) >= 11 is 1.53. The van der Waals surface area contributed by atoms with Crippen LogP contribution in [0.1, 0.15) is 31.1 Å². The summed E-state index contributed by atoms with van der Waals surface area (Å²) in [6.45, 7) is 6.40. The Labute approximate surface area is 151 Å². The molecule has 0 unspecified atom stereocenters. The summed E-state index contributed by atoms with van der Waals surface area (Å²) in [6, 6.07) is 7.78. The van der Waals surface area contributed by atoms with E-state index in [0.717, 1.165) is 27.8 Å². The van der Waals surface area contributed by atoms with Crippen LogP contribution in [0.15, 0.2) is 46.5 Å². The normalized spacial score (nSPS) is 11.0. The molecule has 0 aliphatic carbocycles. The van der Waals surface area contributed by atoms with Crippen molar-refractivity contribution in [2.75, 3.05) is 0 Å². The van der Waals surface area contributed by atoms with Crippen molar-refractivity contribution in [1.82, 2.24) is 14.9 Å². The van der Waals surface area contributed by atoms with Gasteiger partial charge in [-0.2, -0.15) is 0 Å². The average molecular weight is 355 g/mol. The Hall–Kier alpha value is -2.47. The van der Waals surface area contributed by atoms with Gasteiger partial charge in [0.25, 0.3) is 0 Å². The second kappa shape index (κ2) is 7.61. The molecule has 3 heterocycles. The van der Waals surface area contributed by atoms with Gasteiger partial charge in [-0.25, -0.2) is 4.98 Å². The summed E-state index contributed by atoms with van der Waals surface area (Å²) in [5.74, 6) is 1.70. The van der Waals surface area contributed by atoms with E-state index in [1.807, 2.05) is 55.3 Å². The molecule has 6 heteroatoms. The van der Waals surface area contributed by atoms with Gasteiger partial charge in [0.2, 0.25) is 5.91 Å². The van der Waals surface area contributed by atoms with Crippen LogP contribution in [0.5, 0.6) is 0 Å². The highest BCUT2D eigenvalue weighted by atomic mass is 32.1. The maximum atomic E-state index is 12.7. The largest absolute Gasteiger partial charge is 0.464 e. The standard InChI is InChI=1S/C19H21N3O2S/c1-13(2)22(11-17-7-6-14(3)24-17)18(23)9-16-12-25-19(21-16)15-5-4-8-20-10-15/h4-8,10,12-13H,9,11H2,1-3H3. The van der Waals surface area contributed by atoms with Gasteiger partial charge in [-0.15, -0.1) is 11.3 Å². The van der Waals surface area contributed by atoms with E-state index in [2.05, 4.69) is 9.97 Å². The average Bonchev–Trinajstić information content (AvgIpc) is 3.22. The van der Waals surface area contributed by atoms with Crippen molar-refractivity contribution in [1.29, 1.82) is 0 Å². The number of hydrogen-bond donors (Lipinski definition) is 0. The Kier molecular flexibility index (Phi) is 5.28. The summed E-state index contributed by atoms with van der Waals surface area (Å²) < 4.78 is 5.61.